The molecular weight excluding hydrogens is 342 g/mol. The number of sulfonamides is 1. The van der Waals surface area contributed by atoms with Gasteiger partial charge in [-0.1, -0.05) is 0 Å². The highest BCUT2D eigenvalue weighted by Crippen LogP contribution is 2.29. The van der Waals surface area contributed by atoms with Gasteiger partial charge in [-0.15, -0.1) is 0 Å². The van der Waals surface area contributed by atoms with E-state index < -0.39 is 10.0 Å². The molecule has 0 bridgehead atoms. The minimum atomic E-state index is -3.63. The summed E-state index contributed by atoms with van der Waals surface area (Å²) in [6.45, 7) is 2.70. The number of fused-ring (bicyclic) bond motifs is 1. The van der Waals surface area contributed by atoms with E-state index in [0.717, 1.165) is 17.1 Å². The van der Waals surface area contributed by atoms with Crippen molar-refractivity contribution in [2.24, 2.45) is 0 Å². The normalized spacial score (nSPS) is 16.6. The van der Waals surface area contributed by atoms with E-state index in [-0.39, 0.29) is 17.5 Å². The molecule has 1 heterocycles. The summed E-state index contributed by atoms with van der Waals surface area (Å²) < 4.78 is 44.1. The van der Waals surface area contributed by atoms with Gasteiger partial charge in [-0.2, -0.15) is 0 Å². The molecule has 0 unspecified atom stereocenters. The van der Waals surface area contributed by atoms with Crippen LogP contribution in [-0.2, 0) is 16.4 Å². The van der Waals surface area contributed by atoms with Crippen molar-refractivity contribution in [2.45, 2.75) is 24.3 Å². The van der Waals surface area contributed by atoms with Crippen LogP contribution in [0.1, 0.15) is 12.5 Å². The summed E-state index contributed by atoms with van der Waals surface area (Å²) in [6.07, 6.45) is 0.544. The number of methoxy groups -OCH3 is 1. The largest absolute Gasteiger partial charge is 0.497 e. The fourth-order valence-corrected chi connectivity index (χ4v) is 3.96. The smallest absolute Gasteiger partial charge is 0.240 e. The van der Waals surface area contributed by atoms with Gasteiger partial charge in [-0.3, -0.25) is 0 Å². The number of rotatable bonds is 6. The molecule has 1 aliphatic heterocycles. The van der Waals surface area contributed by atoms with Crippen molar-refractivity contribution >= 4 is 10.0 Å². The van der Waals surface area contributed by atoms with Crippen LogP contribution in [0.25, 0.3) is 0 Å². The third kappa shape index (κ3) is 4.05. The molecule has 25 heavy (non-hydrogen) atoms. The molecule has 0 amide bonds. The Bertz CT molecular complexity index is 833. The second-order valence-electron chi connectivity index (χ2n) is 5.71. The SMILES string of the molecule is CCOc1ccc(S(=O)(=O)N[C@@H]2COc3ccc(OC)cc3C2)cc1. The molecule has 1 aliphatic rings. The van der Waals surface area contributed by atoms with Crippen LogP contribution in [0.4, 0.5) is 0 Å². The quantitative estimate of drug-likeness (QED) is 0.853. The molecule has 2 aromatic carbocycles. The predicted octanol–water partition coefficient (Wildman–Crippen LogP) is 2.38. The highest BCUT2D eigenvalue weighted by Gasteiger charge is 2.25. The van der Waals surface area contributed by atoms with Crippen LogP contribution < -0.4 is 18.9 Å². The van der Waals surface area contributed by atoms with Crippen molar-refractivity contribution in [3.05, 3.63) is 48.0 Å². The van der Waals surface area contributed by atoms with Gasteiger partial charge >= 0.3 is 0 Å². The van der Waals surface area contributed by atoms with Crippen LogP contribution in [0.3, 0.4) is 0 Å². The average Bonchev–Trinajstić information content (AvgIpc) is 2.61. The number of ether oxygens (including phenoxy) is 3. The van der Waals surface area contributed by atoms with Gasteiger partial charge in [0.05, 0.1) is 24.7 Å². The molecule has 3 rings (SSSR count). The second-order valence-corrected chi connectivity index (χ2v) is 7.43. The van der Waals surface area contributed by atoms with Gasteiger partial charge < -0.3 is 14.2 Å². The number of hydrogen-bond donors (Lipinski definition) is 1. The van der Waals surface area contributed by atoms with Crippen molar-refractivity contribution in [3.8, 4) is 17.2 Å². The maximum Gasteiger partial charge on any atom is 0.240 e. The highest BCUT2D eigenvalue weighted by molar-refractivity contribution is 7.89. The molecule has 0 spiro atoms. The summed E-state index contributed by atoms with van der Waals surface area (Å²) in [5.74, 6) is 2.12. The number of hydrogen-bond acceptors (Lipinski definition) is 5. The standard InChI is InChI=1S/C18H21NO5S/c1-3-23-15-4-7-17(8-5-15)25(20,21)19-14-10-13-11-16(22-2)6-9-18(13)24-12-14/h4-9,11,14,19H,3,10,12H2,1-2H3/t14-/m0/s1. The van der Waals surface area contributed by atoms with E-state index in [1.807, 2.05) is 25.1 Å². The Labute approximate surface area is 147 Å². The van der Waals surface area contributed by atoms with E-state index in [1.54, 1.807) is 19.2 Å². The topological polar surface area (TPSA) is 73.9 Å². The fourth-order valence-electron chi connectivity index (χ4n) is 2.74. The molecule has 0 saturated heterocycles. The van der Waals surface area contributed by atoms with E-state index >= 15 is 0 Å². The van der Waals surface area contributed by atoms with Crippen molar-refractivity contribution in [3.63, 3.8) is 0 Å². The molecule has 2 aromatic rings. The molecule has 0 fully saturated rings. The third-order valence-corrected chi connectivity index (χ3v) is 5.48. The molecule has 6 nitrogen and oxygen atoms in total. The van der Waals surface area contributed by atoms with Gasteiger partial charge in [0.2, 0.25) is 10.0 Å². The molecule has 1 atom stereocenters. The summed E-state index contributed by atoms with van der Waals surface area (Å²) in [7, 11) is -2.03. The van der Waals surface area contributed by atoms with Crippen molar-refractivity contribution in [1.29, 1.82) is 0 Å². The van der Waals surface area contributed by atoms with Crippen LogP contribution in [0, 0.1) is 0 Å². The maximum absolute atomic E-state index is 12.6. The summed E-state index contributed by atoms with van der Waals surface area (Å²) in [5, 5.41) is 0. The minimum Gasteiger partial charge on any atom is -0.497 e. The van der Waals surface area contributed by atoms with Crippen LogP contribution >= 0.6 is 0 Å². The van der Waals surface area contributed by atoms with Crippen molar-refractivity contribution < 1.29 is 22.6 Å². The lowest BCUT2D eigenvalue weighted by Gasteiger charge is -2.26. The summed E-state index contributed by atoms with van der Waals surface area (Å²) in [6, 6.07) is 11.6. The van der Waals surface area contributed by atoms with E-state index in [9.17, 15) is 8.42 Å². The molecule has 0 aromatic heterocycles. The Kier molecular flexibility index (Phi) is 5.15. The zero-order valence-electron chi connectivity index (χ0n) is 14.2. The van der Waals surface area contributed by atoms with Gasteiger partial charge in [-0.25, -0.2) is 13.1 Å². The van der Waals surface area contributed by atoms with Gasteiger partial charge in [0, 0.05) is 0 Å². The first-order chi connectivity index (χ1) is 12.0. The van der Waals surface area contributed by atoms with E-state index in [2.05, 4.69) is 4.72 Å². The Hall–Kier alpha value is -2.25. The molecule has 7 heteroatoms. The lowest BCUT2D eigenvalue weighted by atomic mass is 10.0. The van der Waals surface area contributed by atoms with Crippen molar-refractivity contribution in [1.82, 2.24) is 4.72 Å². The molecule has 0 saturated carbocycles. The van der Waals surface area contributed by atoms with E-state index in [1.165, 1.54) is 12.1 Å². The fraction of sp³-hybridized carbons (Fsp3) is 0.333. The number of benzene rings is 2. The second kappa shape index (κ2) is 7.33. The zero-order chi connectivity index (χ0) is 17.9. The van der Waals surface area contributed by atoms with Crippen LogP contribution in [0.15, 0.2) is 47.4 Å². The van der Waals surface area contributed by atoms with Crippen molar-refractivity contribution in [2.75, 3.05) is 20.3 Å². The average molecular weight is 363 g/mol. The molecular formula is C18H21NO5S. The zero-order valence-corrected chi connectivity index (χ0v) is 15.0. The van der Waals surface area contributed by atoms with Crippen LogP contribution in [0.5, 0.6) is 17.2 Å². The lowest BCUT2D eigenvalue weighted by molar-refractivity contribution is 0.253. The highest BCUT2D eigenvalue weighted by atomic mass is 32.2. The summed E-state index contributed by atoms with van der Waals surface area (Å²) >= 11 is 0. The Morgan fingerprint density at radius 3 is 2.56 bits per heavy atom. The Balaban J connectivity index is 1.72. The van der Waals surface area contributed by atoms with E-state index in [0.29, 0.717) is 18.8 Å². The lowest BCUT2D eigenvalue weighted by Crippen LogP contribution is -2.42. The first kappa shape index (κ1) is 17.6. The molecule has 0 aliphatic carbocycles. The van der Waals surface area contributed by atoms with Gasteiger partial charge in [-0.05, 0) is 61.4 Å². The van der Waals surface area contributed by atoms with Crippen LogP contribution in [-0.4, -0.2) is 34.8 Å². The summed E-state index contributed by atoms with van der Waals surface area (Å²) in [5.41, 5.74) is 0.921. The predicted molar refractivity (Wildman–Crippen MR) is 93.9 cm³/mol. The van der Waals surface area contributed by atoms with Crippen LogP contribution in [0.2, 0.25) is 0 Å². The monoisotopic (exact) mass is 363 g/mol. The third-order valence-electron chi connectivity index (χ3n) is 3.94. The molecule has 1 N–H and O–H groups in total. The van der Waals surface area contributed by atoms with Gasteiger partial charge in [0.1, 0.15) is 23.9 Å². The summed E-state index contributed by atoms with van der Waals surface area (Å²) in [4.78, 5) is 0.201. The van der Waals surface area contributed by atoms with Gasteiger partial charge in [0.25, 0.3) is 0 Å². The Morgan fingerprint density at radius 1 is 1.16 bits per heavy atom. The maximum atomic E-state index is 12.6. The minimum absolute atomic E-state index is 0.201. The van der Waals surface area contributed by atoms with E-state index in [4.69, 9.17) is 14.2 Å². The Morgan fingerprint density at radius 2 is 1.88 bits per heavy atom. The number of nitrogens with one attached hydrogen (secondary N) is 1. The molecule has 134 valence electrons. The molecule has 0 radical (unpaired) electrons. The first-order valence-corrected chi connectivity index (χ1v) is 9.55. The van der Waals surface area contributed by atoms with Gasteiger partial charge in [0.15, 0.2) is 0 Å². The first-order valence-electron chi connectivity index (χ1n) is 8.06.